The molecule has 272 valence electrons. The molecule has 1 spiro atoms. The van der Waals surface area contributed by atoms with Crippen molar-refractivity contribution in [3.63, 3.8) is 0 Å². The fourth-order valence-electron chi connectivity index (χ4n) is 6.48. The van der Waals surface area contributed by atoms with Crippen molar-refractivity contribution in [2.75, 3.05) is 57.3 Å². The number of β-amino-alcohol motifs (C(OH)–C–C–N with tert-alkyl or cyclic N) is 1. The lowest BCUT2D eigenvalue weighted by atomic mass is 9.72. The maximum Gasteiger partial charge on any atom is 0.406 e. The second-order valence-electron chi connectivity index (χ2n) is 13.2. The van der Waals surface area contributed by atoms with Gasteiger partial charge in [-0.1, -0.05) is 6.92 Å². The van der Waals surface area contributed by atoms with Crippen LogP contribution in [0.15, 0.2) is 24.5 Å². The Morgan fingerprint density at radius 2 is 1.94 bits per heavy atom. The van der Waals surface area contributed by atoms with Crippen LogP contribution in [-0.4, -0.2) is 121 Å². The molecule has 0 radical (unpaired) electrons. The standard InChI is InChI=1S/C30H42F4N8O6S/c1-4-37-49(45,46)39-22-7-8-29(44,47-14-22)17-40-11-9-28(10-12-40)15-41(16-28)25-26(38-36-19-35-25)48-24-6-5-21(31)13-23(24)27(43)42(20(2)3)18-30(32,33)34/h5-6,13,19-20,22,37,39,44H,4,7-12,14-18H2,1-3H3/t22-,29-/m1/s1. The lowest BCUT2D eigenvalue weighted by Crippen LogP contribution is -2.62. The SMILES string of the molecule is CCNS(=O)(=O)N[C@@H]1CC[C@](O)(CN2CCC3(CC2)CN(c2ncnnc2Oc2ccc(F)cc2C(=O)N(CC(F)(F)F)C(C)C)C3)OC1. The first-order chi connectivity index (χ1) is 23.0. The van der Waals surface area contributed by atoms with Gasteiger partial charge < -0.3 is 24.4 Å². The van der Waals surface area contributed by atoms with Gasteiger partial charge in [-0.05, 0) is 64.4 Å². The molecule has 1 amide bonds. The molecule has 0 unspecified atom stereocenters. The van der Waals surface area contributed by atoms with Gasteiger partial charge in [0.2, 0.25) is 0 Å². The summed E-state index contributed by atoms with van der Waals surface area (Å²) in [6, 6.07) is 1.76. The highest BCUT2D eigenvalue weighted by Crippen LogP contribution is 2.45. The molecule has 3 fully saturated rings. The Morgan fingerprint density at radius 3 is 2.55 bits per heavy atom. The number of aliphatic hydroxyl groups is 1. The van der Waals surface area contributed by atoms with Crippen molar-refractivity contribution >= 4 is 21.9 Å². The number of alkyl halides is 3. The van der Waals surface area contributed by atoms with Crippen molar-refractivity contribution in [1.29, 1.82) is 0 Å². The number of halogens is 4. The van der Waals surface area contributed by atoms with Crippen LogP contribution in [0.4, 0.5) is 23.4 Å². The molecular weight excluding hydrogens is 676 g/mol. The van der Waals surface area contributed by atoms with Crippen LogP contribution >= 0.6 is 0 Å². The van der Waals surface area contributed by atoms with Crippen LogP contribution in [0.1, 0.15) is 56.8 Å². The predicted molar refractivity (Wildman–Crippen MR) is 169 cm³/mol. The molecule has 1 aromatic carbocycles. The third-order valence-corrected chi connectivity index (χ3v) is 10.3. The molecule has 19 heteroatoms. The van der Waals surface area contributed by atoms with E-state index in [9.17, 15) is 35.9 Å². The van der Waals surface area contributed by atoms with Gasteiger partial charge >= 0.3 is 6.18 Å². The second-order valence-corrected chi connectivity index (χ2v) is 14.7. The number of carbonyl (C=O) groups is 1. The van der Waals surface area contributed by atoms with E-state index in [4.69, 9.17) is 9.47 Å². The summed E-state index contributed by atoms with van der Waals surface area (Å²) in [5, 5.41) is 18.9. The number of hydrogen-bond acceptors (Lipinski definition) is 11. The van der Waals surface area contributed by atoms with Gasteiger partial charge in [0.05, 0.1) is 18.7 Å². The molecule has 49 heavy (non-hydrogen) atoms. The summed E-state index contributed by atoms with van der Waals surface area (Å²) < 4.78 is 94.6. The molecule has 0 bridgehead atoms. The van der Waals surface area contributed by atoms with E-state index in [1.807, 2.05) is 4.90 Å². The monoisotopic (exact) mass is 718 g/mol. The Balaban J connectivity index is 1.18. The maximum atomic E-state index is 14.2. The van der Waals surface area contributed by atoms with Crippen LogP contribution in [0.3, 0.4) is 0 Å². The summed E-state index contributed by atoms with van der Waals surface area (Å²) in [5.41, 5.74) is -0.438. The van der Waals surface area contributed by atoms with E-state index in [2.05, 4.69) is 29.5 Å². The van der Waals surface area contributed by atoms with Crippen LogP contribution in [0, 0.1) is 11.2 Å². The van der Waals surface area contributed by atoms with Crippen molar-refractivity contribution < 1.29 is 45.4 Å². The predicted octanol–water partition coefficient (Wildman–Crippen LogP) is 2.43. The average molecular weight is 719 g/mol. The molecule has 2 aromatic rings. The van der Waals surface area contributed by atoms with Crippen LogP contribution in [0.5, 0.6) is 11.6 Å². The highest BCUT2D eigenvalue weighted by molar-refractivity contribution is 7.87. The minimum Gasteiger partial charge on any atom is -0.434 e. The van der Waals surface area contributed by atoms with E-state index in [0.29, 0.717) is 49.9 Å². The largest absolute Gasteiger partial charge is 0.434 e. The van der Waals surface area contributed by atoms with Gasteiger partial charge in [-0.2, -0.15) is 26.3 Å². The van der Waals surface area contributed by atoms with Crippen molar-refractivity contribution in [1.82, 2.24) is 34.4 Å². The van der Waals surface area contributed by atoms with Crippen molar-refractivity contribution in [2.45, 2.75) is 70.5 Å². The molecule has 5 rings (SSSR count). The Morgan fingerprint density at radius 1 is 1.22 bits per heavy atom. The van der Waals surface area contributed by atoms with Gasteiger partial charge in [-0.3, -0.25) is 9.69 Å². The fourth-order valence-corrected chi connectivity index (χ4v) is 7.57. The Bertz CT molecular complexity index is 1580. The quantitative estimate of drug-likeness (QED) is 0.277. The highest BCUT2D eigenvalue weighted by Gasteiger charge is 2.48. The summed E-state index contributed by atoms with van der Waals surface area (Å²) in [6.07, 6.45) is -1.08. The van der Waals surface area contributed by atoms with Gasteiger partial charge in [-0.25, -0.2) is 14.1 Å². The van der Waals surface area contributed by atoms with Gasteiger partial charge in [-0.15, -0.1) is 10.2 Å². The average Bonchev–Trinajstić information content (AvgIpc) is 3.01. The summed E-state index contributed by atoms with van der Waals surface area (Å²) in [4.78, 5) is 22.2. The Kier molecular flexibility index (Phi) is 11.0. The van der Waals surface area contributed by atoms with E-state index in [1.165, 1.54) is 20.2 Å². The van der Waals surface area contributed by atoms with Crippen LogP contribution < -0.4 is 19.1 Å². The first kappa shape index (κ1) is 37.0. The fraction of sp³-hybridized carbons (Fsp3) is 0.667. The van der Waals surface area contributed by atoms with E-state index in [1.54, 1.807) is 6.92 Å². The zero-order valence-electron chi connectivity index (χ0n) is 27.5. The first-order valence-corrected chi connectivity index (χ1v) is 17.6. The summed E-state index contributed by atoms with van der Waals surface area (Å²) in [7, 11) is -3.63. The van der Waals surface area contributed by atoms with E-state index < -0.39 is 58.1 Å². The molecular formula is C30H42F4N8O6S. The van der Waals surface area contributed by atoms with E-state index in [0.717, 1.165) is 31.0 Å². The number of amides is 1. The second kappa shape index (κ2) is 14.6. The summed E-state index contributed by atoms with van der Waals surface area (Å²) in [6.45, 7) is 6.26. The number of hydrogen-bond donors (Lipinski definition) is 3. The maximum absolute atomic E-state index is 14.2. The lowest BCUT2D eigenvalue weighted by Gasteiger charge is -2.55. The third-order valence-electron chi connectivity index (χ3n) is 9.02. The minimum absolute atomic E-state index is 0.0449. The van der Waals surface area contributed by atoms with Gasteiger partial charge in [0.1, 0.15) is 24.4 Å². The van der Waals surface area contributed by atoms with Crippen molar-refractivity contribution in [2.24, 2.45) is 5.41 Å². The van der Waals surface area contributed by atoms with Crippen LogP contribution in [0.25, 0.3) is 0 Å². The number of carbonyl (C=O) groups excluding carboxylic acids is 1. The molecule has 2 atom stereocenters. The molecule has 3 aliphatic rings. The summed E-state index contributed by atoms with van der Waals surface area (Å²) in [5.74, 6) is -3.19. The number of nitrogens with one attached hydrogen (secondary N) is 2. The van der Waals surface area contributed by atoms with Gasteiger partial charge in [0.15, 0.2) is 11.6 Å². The highest BCUT2D eigenvalue weighted by atomic mass is 32.2. The Hall–Kier alpha value is -3.23. The zero-order chi connectivity index (χ0) is 35.6. The van der Waals surface area contributed by atoms with Crippen LogP contribution in [-0.2, 0) is 14.9 Å². The number of likely N-dealkylation sites (tertiary alicyclic amines) is 1. The number of aromatic nitrogens is 3. The van der Waals surface area contributed by atoms with Crippen molar-refractivity contribution in [3.8, 4) is 11.6 Å². The third kappa shape index (κ3) is 9.31. The molecule has 0 aliphatic carbocycles. The number of rotatable bonds is 12. The molecule has 3 aliphatic heterocycles. The lowest BCUT2D eigenvalue weighted by molar-refractivity contribution is -0.239. The Labute approximate surface area is 282 Å². The number of nitrogens with zero attached hydrogens (tertiary/aromatic N) is 6. The molecule has 1 aromatic heterocycles. The first-order valence-electron chi connectivity index (χ1n) is 16.1. The zero-order valence-corrected chi connectivity index (χ0v) is 28.4. The summed E-state index contributed by atoms with van der Waals surface area (Å²) >= 11 is 0. The van der Waals surface area contributed by atoms with E-state index >= 15 is 0 Å². The molecule has 3 N–H and O–H groups in total. The van der Waals surface area contributed by atoms with Gasteiger partial charge in [0.25, 0.3) is 22.0 Å². The number of benzene rings is 1. The number of anilines is 1. The number of ether oxygens (including phenoxy) is 2. The smallest absolute Gasteiger partial charge is 0.406 e. The van der Waals surface area contributed by atoms with Crippen molar-refractivity contribution in [3.05, 3.63) is 35.9 Å². The minimum atomic E-state index is -4.66. The molecule has 0 saturated carbocycles. The molecule has 4 heterocycles. The normalized spacial score (nSPS) is 23.0. The molecule has 3 saturated heterocycles. The number of piperidine rings is 1. The topological polar surface area (TPSA) is 162 Å². The van der Waals surface area contributed by atoms with Crippen LogP contribution in [0.2, 0.25) is 0 Å². The van der Waals surface area contributed by atoms with E-state index in [-0.39, 0.29) is 36.6 Å². The van der Waals surface area contributed by atoms with Gasteiger partial charge in [0, 0.05) is 43.6 Å². The molecule has 14 nitrogen and oxygen atoms in total.